The second kappa shape index (κ2) is 5.51. The van der Waals surface area contributed by atoms with Crippen LogP contribution in [0.5, 0.6) is 5.75 Å². The molecular formula is C14H14O4. The number of aliphatic hydroxyl groups excluding tert-OH is 1. The maximum Gasteiger partial charge on any atom is 0.185 e. The van der Waals surface area contributed by atoms with Crippen LogP contribution in [0.15, 0.2) is 45.8 Å². The molecule has 0 saturated heterocycles. The molecule has 0 aliphatic carbocycles. The van der Waals surface area contributed by atoms with Crippen molar-refractivity contribution >= 4 is 0 Å². The van der Waals surface area contributed by atoms with E-state index >= 15 is 0 Å². The minimum absolute atomic E-state index is 0.00579. The highest BCUT2D eigenvalue weighted by atomic mass is 16.5. The topological polar surface area (TPSA) is 59.7 Å². The van der Waals surface area contributed by atoms with Gasteiger partial charge in [0, 0.05) is 17.7 Å². The Hall–Kier alpha value is -2.07. The molecule has 1 aromatic heterocycles. The smallest absolute Gasteiger partial charge is 0.185 e. The van der Waals surface area contributed by atoms with Crippen LogP contribution in [-0.4, -0.2) is 5.11 Å². The van der Waals surface area contributed by atoms with Gasteiger partial charge in [-0.05, 0) is 18.6 Å². The lowest BCUT2D eigenvalue weighted by atomic mass is 10.1. The molecule has 94 valence electrons. The number of benzene rings is 1. The van der Waals surface area contributed by atoms with Crippen LogP contribution in [0.25, 0.3) is 0 Å². The number of aryl methyl sites for hydroxylation is 1. The van der Waals surface area contributed by atoms with E-state index in [4.69, 9.17) is 14.3 Å². The average molecular weight is 246 g/mol. The van der Waals surface area contributed by atoms with Gasteiger partial charge in [-0.25, -0.2) is 0 Å². The summed E-state index contributed by atoms with van der Waals surface area (Å²) in [7, 11) is 0. The van der Waals surface area contributed by atoms with E-state index in [1.54, 1.807) is 6.92 Å². The zero-order chi connectivity index (χ0) is 13.0. The number of fused-ring (bicyclic) bond motifs is 2. The molecule has 3 rings (SSSR count). The first-order chi connectivity index (χ1) is 8.70. The second-order valence-corrected chi connectivity index (χ2v) is 3.92. The molecule has 1 N–H and O–H groups in total. The highest BCUT2D eigenvalue weighted by molar-refractivity contribution is 5.43. The number of rotatable bonds is 1. The normalized spacial score (nSPS) is 11.4. The zero-order valence-electron chi connectivity index (χ0n) is 10.1. The summed E-state index contributed by atoms with van der Waals surface area (Å²) in [5.41, 5.74) is 2.05. The van der Waals surface area contributed by atoms with Crippen LogP contribution in [0.1, 0.15) is 16.9 Å². The van der Waals surface area contributed by atoms with Crippen LogP contribution in [0, 0.1) is 6.92 Å². The molecule has 0 saturated carbocycles. The molecule has 2 heterocycles. The molecule has 0 unspecified atom stereocenters. The van der Waals surface area contributed by atoms with Gasteiger partial charge in [-0.2, -0.15) is 0 Å². The zero-order valence-corrected chi connectivity index (χ0v) is 10.1. The molecule has 2 aromatic rings. The van der Waals surface area contributed by atoms with Gasteiger partial charge in [0.05, 0.1) is 12.9 Å². The Bertz CT molecular complexity index is 564. The molecule has 18 heavy (non-hydrogen) atoms. The monoisotopic (exact) mass is 246 g/mol. The molecule has 2 bridgehead atoms. The van der Waals surface area contributed by atoms with Gasteiger partial charge in [-0.1, -0.05) is 12.1 Å². The van der Waals surface area contributed by atoms with E-state index in [0.29, 0.717) is 12.4 Å². The predicted molar refractivity (Wildman–Crippen MR) is 66.4 cm³/mol. The van der Waals surface area contributed by atoms with Crippen LogP contribution in [0.3, 0.4) is 0 Å². The summed E-state index contributed by atoms with van der Waals surface area (Å²) >= 11 is 0. The van der Waals surface area contributed by atoms with E-state index in [-0.39, 0.29) is 12.0 Å². The molecule has 0 radical (unpaired) electrons. The van der Waals surface area contributed by atoms with Crippen LogP contribution in [-0.2, 0) is 13.2 Å². The Kier molecular flexibility index (Phi) is 3.79. The first kappa shape index (κ1) is 12.4. The summed E-state index contributed by atoms with van der Waals surface area (Å²) in [6, 6.07) is 8.62. The second-order valence-electron chi connectivity index (χ2n) is 3.92. The molecule has 0 spiro atoms. The van der Waals surface area contributed by atoms with Gasteiger partial charge in [0.1, 0.15) is 18.1 Å². The Morgan fingerprint density at radius 2 is 2.17 bits per heavy atom. The lowest BCUT2D eigenvalue weighted by Crippen LogP contribution is -1.93. The van der Waals surface area contributed by atoms with Crippen LogP contribution >= 0.6 is 0 Å². The van der Waals surface area contributed by atoms with Crippen molar-refractivity contribution < 1.29 is 14.3 Å². The van der Waals surface area contributed by atoms with E-state index in [2.05, 4.69) is 0 Å². The number of hydrogen-bond acceptors (Lipinski definition) is 4. The summed E-state index contributed by atoms with van der Waals surface area (Å²) in [6.45, 7) is 2.45. The lowest BCUT2D eigenvalue weighted by molar-refractivity contribution is 0.278. The van der Waals surface area contributed by atoms with Crippen molar-refractivity contribution in [3.05, 3.63) is 63.7 Å². The first-order valence-electron chi connectivity index (χ1n) is 5.60. The SMILES string of the molecule is Cc1cc(=O)cco1.OCc1c2cccc1OC2. The van der Waals surface area contributed by atoms with Gasteiger partial charge in [0.15, 0.2) is 5.43 Å². The average Bonchev–Trinajstić information content (AvgIpc) is 2.57. The fraction of sp³-hybridized carbons (Fsp3) is 0.214. The molecule has 4 heteroatoms. The summed E-state index contributed by atoms with van der Waals surface area (Å²) in [5.74, 6) is 1.48. The third-order valence-electron chi connectivity index (χ3n) is 2.60. The molecule has 0 amide bonds. The van der Waals surface area contributed by atoms with Gasteiger partial charge < -0.3 is 14.3 Å². The maximum absolute atomic E-state index is 10.4. The van der Waals surface area contributed by atoms with Crippen molar-refractivity contribution in [2.24, 2.45) is 0 Å². The van der Waals surface area contributed by atoms with E-state index in [1.165, 1.54) is 18.4 Å². The van der Waals surface area contributed by atoms with Crippen LogP contribution in [0.2, 0.25) is 0 Å². The van der Waals surface area contributed by atoms with E-state index in [0.717, 1.165) is 16.9 Å². The minimum Gasteiger partial charge on any atom is -0.489 e. The Labute approximate surface area is 104 Å². The van der Waals surface area contributed by atoms with Crippen molar-refractivity contribution in [2.75, 3.05) is 0 Å². The van der Waals surface area contributed by atoms with Crippen molar-refractivity contribution in [1.29, 1.82) is 0 Å². The molecule has 1 aliphatic rings. The number of hydrogen-bond donors (Lipinski definition) is 1. The Morgan fingerprint density at radius 1 is 1.33 bits per heavy atom. The van der Waals surface area contributed by atoms with Crippen LogP contribution < -0.4 is 10.2 Å². The number of aliphatic hydroxyl groups is 1. The summed E-state index contributed by atoms with van der Waals surface area (Å²) in [5, 5.41) is 8.86. The van der Waals surface area contributed by atoms with Gasteiger partial charge >= 0.3 is 0 Å². The van der Waals surface area contributed by atoms with E-state index in [9.17, 15) is 4.79 Å². The Balaban J connectivity index is 0.000000138. The number of ether oxygens (including phenoxy) is 1. The standard InChI is InChI=1S/C8H8O2.C6H6O2/c9-4-7-6-2-1-3-8(7)10-5-6;1-5-4-6(7)2-3-8-5/h1-3,9H,4-5H2;2-4H,1H3. The minimum atomic E-state index is -0.00579. The highest BCUT2D eigenvalue weighted by Crippen LogP contribution is 2.29. The van der Waals surface area contributed by atoms with Gasteiger partial charge in [-0.3, -0.25) is 4.79 Å². The largest absolute Gasteiger partial charge is 0.489 e. The molecule has 4 nitrogen and oxygen atoms in total. The van der Waals surface area contributed by atoms with Crippen molar-refractivity contribution in [3.63, 3.8) is 0 Å². The molecule has 0 fully saturated rings. The molecule has 1 aliphatic heterocycles. The van der Waals surface area contributed by atoms with Gasteiger partial charge in [-0.15, -0.1) is 0 Å². The quantitative estimate of drug-likeness (QED) is 0.836. The predicted octanol–water partition coefficient (Wildman–Crippen LogP) is 2.02. The lowest BCUT2D eigenvalue weighted by Gasteiger charge is -1.95. The van der Waals surface area contributed by atoms with Crippen molar-refractivity contribution in [1.82, 2.24) is 0 Å². The highest BCUT2D eigenvalue weighted by Gasteiger charge is 2.14. The fourth-order valence-corrected chi connectivity index (χ4v) is 1.71. The summed E-state index contributed by atoms with van der Waals surface area (Å²) < 4.78 is 10.1. The molecule has 0 atom stereocenters. The fourth-order valence-electron chi connectivity index (χ4n) is 1.71. The van der Waals surface area contributed by atoms with Crippen molar-refractivity contribution in [2.45, 2.75) is 20.1 Å². The first-order valence-corrected chi connectivity index (χ1v) is 5.60. The van der Waals surface area contributed by atoms with Crippen molar-refractivity contribution in [3.8, 4) is 5.75 Å². The van der Waals surface area contributed by atoms with Gasteiger partial charge in [0.25, 0.3) is 0 Å². The molecule has 1 aromatic carbocycles. The third-order valence-corrected chi connectivity index (χ3v) is 2.60. The van der Waals surface area contributed by atoms with Gasteiger partial charge in [0.2, 0.25) is 0 Å². The third kappa shape index (κ3) is 2.78. The maximum atomic E-state index is 10.4. The summed E-state index contributed by atoms with van der Waals surface area (Å²) in [6.07, 6.45) is 1.39. The molecular weight excluding hydrogens is 232 g/mol. The summed E-state index contributed by atoms with van der Waals surface area (Å²) in [4.78, 5) is 10.4. The van der Waals surface area contributed by atoms with E-state index in [1.807, 2.05) is 18.2 Å². The Morgan fingerprint density at radius 3 is 2.67 bits per heavy atom. The van der Waals surface area contributed by atoms with E-state index < -0.39 is 0 Å². The van der Waals surface area contributed by atoms with Crippen LogP contribution in [0.4, 0.5) is 0 Å².